The minimum absolute atomic E-state index is 0.100. The summed E-state index contributed by atoms with van der Waals surface area (Å²) in [4.78, 5) is 11.2. The molecule has 15 heavy (non-hydrogen) atoms. The van der Waals surface area contributed by atoms with E-state index < -0.39 is 11.8 Å². The van der Waals surface area contributed by atoms with Crippen molar-refractivity contribution in [3.8, 4) is 0 Å². The molecule has 0 radical (unpaired) electrons. The molecule has 0 unspecified atom stereocenters. The maximum atomic E-state index is 13.5. The van der Waals surface area contributed by atoms with Gasteiger partial charge in [-0.05, 0) is 19.1 Å². The van der Waals surface area contributed by atoms with Crippen molar-refractivity contribution < 1.29 is 13.9 Å². The van der Waals surface area contributed by atoms with Crippen LogP contribution in [0.25, 0.3) is 10.9 Å². The lowest BCUT2D eigenvalue weighted by Gasteiger charge is -2.00. The van der Waals surface area contributed by atoms with Crippen molar-refractivity contribution in [1.82, 2.24) is 10.2 Å². The van der Waals surface area contributed by atoms with Crippen molar-refractivity contribution in [3.05, 3.63) is 29.2 Å². The van der Waals surface area contributed by atoms with Crippen LogP contribution in [0.4, 0.5) is 4.39 Å². The number of methoxy groups -OCH3 is 1. The molecule has 0 atom stereocenters. The molecule has 0 bridgehead atoms. The molecule has 78 valence electrons. The fourth-order valence-corrected chi connectivity index (χ4v) is 1.43. The van der Waals surface area contributed by atoms with Gasteiger partial charge in [0.05, 0.1) is 18.2 Å². The van der Waals surface area contributed by atoms with Crippen molar-refractivity contribution in [2.75, 3.05) is 7.11 Å². The lowest BCUT2D eigenvalue weighted by molar-refractivity contribution is 0.0595. The number of carbonyl (C=O) groups excluding carboxylic acids is 1. The van der Waals surface area contributed by atoms with Gasteiger partial charge in [-0.1, -0.05) is 0 Å². The van der Waals surface area contributed by atoms with Gasteiger partial charge in [0, 0.05) is 11.1 Å². The van der Waals surface area contributed by atoms with E-state index in [0.717, 1.165) is 5.69 Å². The quantitative estimate of drug-likeness (QED) is 0.727. The molecular weight excluding hydrogens is 199 g/mol. The van der Waals surface area contributed by atoms with Crippen LogP contribution < -0.4 is 0 Å². The summed E-state index contributed by atoms with van der Waals surface area (Å²) in [6.07, 6.45) is 0. The Labute approximate surface area is 85.0 Å². The second kappa shape index (κ2) is 3.34. The highest BCUT2D eigenvalue weighted by atomic mass is 19.1. The van der Waals surface area contributed by atoms with Crippen LogP contribution in [0.2, 0.25) is 0 Å². The Bertz CT molecular complexity index is 533. The van der Waals surface area contributed by atoms with Gasteiger partial charge in [-0.3, -0.25) is 5.10 Å². The summed E-state index contributed by atoms with van der Waals surface area (Å²) < 4.78 is 17.9. The number of benzene rings is 1. The SMILES string of the molecule is COC(=O)c1cc2n[nH]c(C)c2cc1F. The molecule has 2 rings (SSSR count). The Balaban J connectivity index is 2.68. The lowest BCUT2D eigenvalue weighted by Crippen LogP contribution is -2.04. The van der Waals surface area contributed by atoms with E-state index in [0.29, 0.717) is 10.9 Å². The van der Waals surface area contributed by atoms with Gasteiger partial charge in [-0.25, -0.2) is 9.18 Å². The van der Waals surface area contributed by atoms with Gasteiger partial charge < -0.3 is 4.74 Å². The maximum absolute atomic E-state index is 13.5. The third-order valence-corrected chi connectivity index (χ3v) is 2.24. The second-order valence-electron chi connectivity index (χ2n) is 3.19. The van der Waals surface area contributed by atoms with E-state index in [4.69, 9.17) is 0 Å². The Morgan fingerprint density at radius 1 is 1.53 bits per heavy atom. The zero-order chi connectivity index (χ0) is 11.0. The van der Waals surface area contributed by atoms with E-state index in [9.17, 15) is 9.18 Å². The normalized spacial score (nSPS) is 10.6. The zero-order valence-corrected chi connectivity index (χ0v) is 8.30. The molecule has 5 heteroatoms. The van der Waals surface area contributed by atoms with Gasteiger partial charge in [0.15, 0.2) is 0 Å². The van der Waals surface area contributed by atoms with Crippen LogP contribution in [0.1, 0.15) is 16.1 Å². The van der Waals surface area contributed by atoms with Gasteiger partial charge in [0.2, 0.25) is 0 Å². The number of carbonyl (C=O) groups is 1. The average Bonchev–Trinajstić information content (AvgIpc) is 2.58. The summed E-state index contributed by atoms with van der Waals surface area (Å²) in [6.45, 7) is 1.78. The van der Waals surface area contributed by atoms with Gasteiger partial charge in [0.1, 0.15) is 5.82 Å². The molecule has 0 amide bonds. The standard InChI is InChI=1S/C10H9FN2O2/c1-5-6-3-8(11)7(10(14)15-2)4-9(6)13-12-5/h3-4H,1-2H3,(H,12,13). The highest BCUT2D eigenvalue weighted by molar-refractivity contribution is 5.95. The number of hydrogen-bond donors (Lipinski definition) is 1. The fraction of sp³-hybridized carbons (Fsp3) is 0.200. The Kier molecular flexibility index (Phi) is 2.15. The third-order valence-electron chi connectivity index (χ3n) is 2.24. The van der Waals surface area contributed by atoms with Crippen LogP contribution in [0, 0.1) is 12.7 Å². The first-order valence-electron chi connectivity index (χ1n) is 4.36. The Morgan fingerprint density at radius 2 is 2.27 bits per heavy atom. The number of nitrogens with one attached hydrogen (secondary N) is 1. The van der Waals surface area contributed by atoms with Crippen molar-refractivity contribution in [1.29, 1.82) is 0 Å². The number of halogens is 1. The molecule has 1 aromatic heterocycles. The molecule has 0 aliphatic heterocycles. The van der Waals surface area contributed by atoms with Gasteiger partial charge in [-0.2, -0.15) is 5.10 Å². The van der Waals surface area contributed by atoms with Crippen LogP contribution in [-0.2, 0) is 4.74 Å². The Morgan fingerprint density at radius 3 is 2.93 bits per heavy atom. The number of rotatable bonds is 1. The number of aromatic nitrogens is 2. The molecule has 0 saturated heterocycles. The van der Waals surface area contributed by atoms with E-state index in [2.05, 4.69) is 14.9 Å². The van der Waals surface area contributed by atoms with E-state index in [1.807, 2.05) is 0 Å². The molecule has 1 heterocycles. The topological polar surface area (TPSA) is 55.0 Å². The zero-order valence-electron chi connectivity index (χ0n) is 8.30. The molecule has 4 nitrogen and oxygen atoms in total. The number of H-pyrrole nitrogens is 1. The van der Waals surface area contributed by atoms with Crippen LogP contribution in [0.5, 0.6) is 0 Å². The minimum atomic E-state index is -0.699. The summed E-state index contributed by atoms with van der Waals surface area (Å²) in [6, 6.07) is 2.65. The summed E-state index contributed by atoms with van der Waals surface area (Å²) in [5, 5.41) is 7.32. The van der Waals surface area contributed by atoms with E-state index >= 15 is 0 Å². The van der Waals surface area contributed by atoms with Crippen LogP contribution in [0.15, 0.2) is 12.1 Å². The molecule has 1 N–H and O–H groups in total. The fourth-order valence-electron chi connectivity index (χ4n) is 1.43. The summed E-state index contributed by atoms with van der Waals surface area (Å²) in [7, 11) is 1.21. The van der Waals surface area contributed by atoms with Crippen molar-refractivity contribution in [2.45, 2.75) is 6.92 Å². The van der Waals surface area contributed by atoms with E-state index in [1.165, 1.54) is 19.2 Å². The first-order valence-corrected chi connectivity index (χ1v) is 4.36. The monoisotopic (exact) mass is 208 g/mol. The molecule has 0 fully saturated rings. The summed E-state index contributed by atoms with van der Waals surface area (Å²) in [5.41, 5.74) is 1.21. The van der Waals surface area contributed by atoms with Crippen LogP contribution >= 0.6 is 0 Å². The van der Waals surface area contributed by atoms with Gasteiger partial charge in [-0.15, -0.1) is 0 Å². The molecule has 0 spiro atoms. The predicted molar refractivity (Wildman–Crippen MR) is 52.1 cm³/mol. The van der Waals surface area contributed by atoms with Crippen LogP contribution in [0.3, 0.4) is 0 Å². The number of nitrogens with zero attached hydrogens (tertiary/aromatic N) is 1. The summed E-state index contributed by atoms with van der Waals surface area (Å²) >= 11 is 0. The highest BCUT2D eigenvalue weighted by Gasteiger charge is 2.15. The molecule has 2 aromatic rings. The number of hydrogen-bond acceptors (Lipinski definition) is 3. The second-order valence-corrected chi connectivity index (χ2v) is 3.19. The molecule has 1 aromatic carbocycles. The number of aromatic amines is 1. The predicted octanol–water partition coefficient (Wildman–Crippen LogP) is 1.80. The lowest BCUT2D eigenvalue weighted by atomic mass is 10.1. The van der Waals surface area contributed by atoms with Gasteiger partial charge in [0.25, 0.3) is 0 Å². The molecular formula is C10H9FN2O2. The summed E-state index contributed by atoms with van der Waals surface area (Å²) in [5.74, 6) is -1.30. The smallest absolute Gasteiger partial charge is 0.340 e. The molecule has 0 saturated carbocycles. The minimum Gasteiger partial charge on any atom is -0.465 e. The number of aryl methyl sites for hydroxylation is 1. The third kappa shape index (κ3) is 1.45. The largest absolute Gasteiger partial charge is 0.465 e. The number of ether oxygens (including phenoxy) is 1. The van der Waals surface area contributed by atoms with Gasteiger partial charge >= 0.3 is 5.97 Å². The van der Waals surface area contributed by atoms with Crippen LogP contribution in [-0.4, -0.2) is 23.3 Å². The van der Waals surface area contributed by atoms with Crippen molar-refractivity contribution in [2.24, 2.45) is 0 Å². The van der Waals surface area contributed by atoms with E-state index in [1.54, 1.807) is 6.92 Å². The van der Waals surface area contributed by atoms with Crippen molar-refractivity contribution >= 4 is 16.9 Å². The average molecular weight is 208 g/mol. The molecule has 0 aliphatic rings. The maximum Gasteiger partial charge on any atom is 0.340 e. The highest BCUT2D eigenvalue weighted by Crippen LogP contribution is 2.20. The molecule has 0 aliphatic carbocycles. The first-order chi connectivity index (χ1) is 7.13. The Hall–Kier alpha value is -1.91. The van der Waals surface area contributed by atoms with Crippen molar-refractivity contribution in [3.63, 3.8) is 0 Å². The first kappa shape index (κ1) is 9.64. The number of fused-ring (bicyclic) bond motifs is 1. The van der Waals surface area contributed by atoms with E-state index in [-0.39, 0.29) is 5.56 Å². The number of esters is 1.